The van der Waals surface area contributed by atoms with E-state index in [9.17, 15) is 9.90 Å². The van der Waals surface area contributed by atoms with E-state index in [1.807, 2.05) is 13.1 Å². The SMILES string of the molecule is CC(C)=CC[C@]1(CO)CCCN(Cc2cc(=O)n3cc(C)sc3n2)C1. The van der Waals surface area contributed by atoms with E-state index in [1.54, 1.807) is 21.8 Å². The van der Waals surface area contributed by atoms with E-state index in [0.29, 0.717) is 6.54 Å². The van der Waals surface area contributed by atoms with Crippen molar-refractivity contribution >= 4 is 16.3 Å². The first-order chi connectivity index (χ1) is 11.9. The molecule has 2 aromatic heterocycles. The van der Waals surface area contributed by atoms with Crippen LogP contribution < -0.4 is 5.56 Å². The number of likely N-dealkylation sites (tertiary alicyclic amines) is 1. The molecule has 5 nitrogen and oxygen atoms in total. The molecule has 0 aromatic carbocycles. The molecule has 0 aliphatic carbocycles. The molecule has 1 saturated heterocycles. The minimum absolute atomic E-state index is 0.0145. The number of hydrogen-bond donors (Lipinski definition) is 1. The van der Waals surface area contributed by atoms with Crippen LogP contribution in [0.15, 0.2) is 28.7 Å². The Labute approximate surface area is 152 Å². The molecule has 0 bridgehead atoms. The molecule has 1 aliphatic heterocycles. The summed E-state index contributed by atoms with van der Waals surface area (Å²) >= 11 is 1.54. The van der Waals surface area contributed by atoms with Crippen LogP contribution in [0.5, 0.6) is 0 Å². The smallest absolute Gasteiger partial charge is 0.258 e. The number of allylic oxidation sites excluding steroid dienone is 2. The van der Waals surface area contributed by atoms with Crippen LogP contribution in [0, 0.1) is 12.3 Å². The average molecular weight is 362 g/mol. The maximum absolute atomic E-state index is 12.3. The van der Waals surface area contributed by atoms with Crippen LogP contribution >= 0.6 is 11.3 Å². The monoisotopic (exact) mass is 361 g/mol. The molecule has 1 atom stereocenters. The lowest BCUT2D eigenvalue weighted by atomic mass is 9.77. The number of aliphatic hydroxyl groups is 1. The molecule has 3 heterocycles. The Hall–Kier alpha value is -1.50. The summed E-state index contributed by atoms with van der Waals surface area (Å²) in [5, 5.41) is 10.0. The Kier molecular flexibility index (Phi) is 5.41. The maximum atomic E-state index is 12.3. The van der Waals surface area contributed by atoms with Gasteiger partial charge in [0, 0.05) is 35.6 Å². The van der Waals surface area contributed by atoms with Crippen molar-refractivity contribution in [2.24, 2.45) is 5.41 Å². The summed E-state index contributed by atoms with van der Waals surface area (Å²) in [7, 11) is 0. The lowest BCUT2D eigenvalue weighted by Gasteiger charge is -2.41. The number of aromatic nitrogens is 2. The zero-order valence-corrected chi connectivity index (χ0v) is 16.1. The fraction of sp³-hybridized carbons (Fsp3) is 0.579. The van der Waals surface area contributed by atoms with Crippen molar-refractivity contribution in [1.29, 1.82) is 0 Å². The van der Waals surface area contributed by atoms with Crippen molar-refractivity contribution in [3.8, 4) is 0 Å². The molecule has 0 saturated carbocycles. The van der Waals surface area contributed by atoms with Crippen LogP contribution in [-0.4, -0.2) is 39.1 Å². The van der Waals surface area contributed by atoms with Crippen LogP contribution in [0.25, 0.3) is 4.96 Å². The molecule has 1 aliphatic rings. The van der Waals surface area contributed by atoms with Gasteiger partial charge in [-0.1, -0.05) is 11.6 Å². The Morgan fingerprint density at radius 2 is 2.28 bits per heavy atom. The summed E-state index contributed by atoms with van der Waals surface area (Å²) in [5.41, 5.74) is 2.02. The van der Waals surface area contributed by atoms with E-state index in [1.165, 1.54) is 5.57 Å². The normalized spacial score (nSPS) is 21.6. The second kappa shape index (κ2) is 7.40. The molecular weight excluding hydrogens is 334 g/mol. The van der Waals surface area contributed by atoms with Crippen LogP contribution in [0.2, 0.25) is 0 Å². The average Bonchev–Trinajstić information content (AvgIpc) is 2.94. The van der Waals surface area contributed by atoms with E-state index in [0.717, 1.165) is 47.9 Å². The third-order valence-corrected chi connectivity index (χ3v) is 5.84. The summed E-state index contributed by atoms with van der Waals surface area (Å²) in [4.78, 5) is 21.1. The summed E-state index contributed by atoms with van der Waals surface area (Å²) in [6, 6.07) is 1.64. The molecule has 1 fully saturated rings. The van der Waals surface area contributed by atoms with Gasteiger partial charge in [-0.3, -0.25) is 14.1 Å². The van der Waals surface area contributed by atoms with E-state index in [4.69, 9.17) is 0 Å². The van der Waals surface area contributed by atoms with Crippen LogP contribution in [0.4, 0.5) is 0 Å². The minimum Gasteiger partial charge on any atom is -0.396 e. The third-order valence-electron chi connectivity index (χ3n) is 4.94. The summed E-state index contributed by atoms with van der Waals surface area (Å²) in [6.45, 7) is 8.88. The fourth-order valence-electron chi connectivity index (χ4n) is 3.59. The number of piperidine rings is 1. The number of fused-ring (bicyclic) bond motifs is 1. The quantitative estimate of drug-likeness (QED) is 0.832. The molecular formula is C19H27N3O2S. The maximum Gasteiger partial charge on any atom is 0.258 e. The van der Waals surface area contributed by atoms with Gasteiger partial charge in [-0.15, -0.1) is 11.3 Å². The number of aryl methyl sites for hydroxylation is 1. The van der Waals surface area contributed by atoms with Gasteiger partial charge in [0.15, 0.2) is 4.96 Å². The van der Waals surface area contributed by atoms with Crippen LogP contribution in [0.3, 0.4) is 0 Å². The standard InChI is InChI=1S/C19H27N3O2S/c1-14(2)5-7-19(13-23)6-4-8-21(12-19)11-16-9-17(24)22-10-15(3)25-18(22)20-16/h5,9-10,23H,4,6-8,11-13H2,1-3H3/t19-/m1/s1. The minimum atomic E-state index is -0.0752. The van der Waals surface area contributed by atoms with Crippen molar-refractivity contribution in [2.45, 2.75) is 46.6 Å². The van der Waals surface area contributed by atoms with Gasteiger partial charge in [0.1, 0.15) is 0 Å². The van der Waals surface area contributed by atoms with Gasteiger partial charge in [-0.25, -0.2) is 4.98 Å². The van der Waals surface area contributed by atoms with Crippen molar-refractivity contribution in [1.82, 2.24) is 14.3 Å². The van der Waals surface area contributed by atoms with Gasteiger partial charge >= 0.3 is 0 Å². The molecule has 3 rings (SSSR count). The highest BCUT2D eigenvalue weighted by Crippen LogP contribution is 2.34. The molecule has 0 amide bonds. The highest BCUT2D eigenvalue weighted by molar-refractivity contribution is 7.16. The number of rotatable bonds is 5. The Bertz CT molecular complexity index is 835. The molecule has 0 radical (unpaired) electrons. The molecule has 1 N–H and O–H groups in total. The first kappa shape index (κ1) is 18.3. The first-order valence-corrected chi connectivity index (χ1v) is 9.68. The third kappa shape index (κ3) is 4.19. The summed E-state index contributed by atoms with van der Waals surface area (Å²) in [5.74, 6) is 0. The molecule has 6 heteroatoms. The Balaban J connectivity index is 1.78. The highest BCUT2D eigenvalue weighted by atomic mass is 32.1. The van der Waals surface area contributed by atoms with Gasteiger partial charge < -0.3 is 5.11 Å². The van der Waals surface area contributed by atoms with Crippen LogP contribution in [-0.2, 0) is 6.54 Å². The predicted molar refractivity (Wildman–Crippen MR) is 102 cm³/mol. The Morgan fingerprint density at radius 3 is 3.00 bits per heavy atom. The number of aliphatic hydroxyl groups excluding tert-OH is 1. The molecule has 25 heavy (non-hydrogen) atoms. The second-order valence-corrected chi connectivity index (χ2v) is 8.75. The van der Waals surface area contributed by atoms with Crippen molar-refractivity contribution < 1.29 is 5.11 Å². The molecule has 136 valence electrons. The van der Waals surface area contributed by atoms with Gasteiger partial charge in [-0.2, -0.15) is 0 Å². The molecule has 0 spiro atoms. The predicted octanol–water partition coefficient (Wildman–Crippen LogP) is 3.00. The van der Waals surface area contributed by atoms with E-state index >= 15 is 0 Å². The van der Waals surface area contributed by atoms with Crippen molar-refractivity contribution in [2.75, 3.05) is 19.7 Å². The number of hydrogen-bond acceptors (Lipinski definition) is 5. The fourth-order valence-corrected chi connectivity index (χ4v) is 4.44. The van der Waals surface area contributed by atoms with Crippen molar-refractivity contribution in [3.63, 3.8) is 0 Å². The van der Waals surface area contributed by atoms with Crippen molar-refractivity contribution in [3.05, 3.63) is 44.8 Å². The zero-order valence-electron chi connectivity index (χ0n) is 15.3. The molecule has 0 unspecified atom stereocenters. The van der Waals surface area contributed by atoms with Gasteiger partial charge in [0.25, 0.3) is 5.56 Å². The zero-order chi connectivity index (χ0) is 18.0. The Morgan fingerprint density at radius 1 is 1.48 bits per heavy atom. The largest absolute Gasteiger partial charge is 0.396 e. The summed E-state index contributed by atoms with van der Waals surface area (Å²) < 4.78 is 1.62. The highest BCUT2D eigenvalue weighted by Gasteiger charge is 2.34. The van der Waals surface area contributed by atoms with Gasteiger partial charge in [0.2, 0.25) is 0 Å². The van der Waals surface area contributed by atoms with Crippen LogP contribution in [0.1, 0.15) is 43.7 Å². The lowest BCUT2D eigenvalue weighted by Crippen LogP contribution is -2.45. The van der Waals surface area contributed by atoms with E-state index in [2.05, 4.69) is 29.8 Å². The number of nitrogens with zero attached hydrogens (tertiary/aromatic N) is 3. The van der Waals surface area contributed by atoms with E-state index in [-0.39, 0.29) is 17.6 Å². The molecule has 2 aromatic rings. The van der Waals surface area contributed by atoms with Gasteiger partial charge in [0.05, 0.1) is 12.3 Å². The lowest BCUT2D eigenvalue weighted by molar-refractivity contribution is 0.0302. The first-order valence-electron chi connectivity index (χ1n) is 8.86. The summed E-state index contributed by atoms with van der Waals surface area (Å²) in [6.07, 6.45) is 7.09. The van der Waals surface area contributed by atoms with E-state index < -0.39 is 0 Å². The topological polar surface area (TPSA) is 57.8 Å². The van der Waals surface area contributed by atoms with Gasteiger partial charge in [-0.05, 0) is 46.6 Å². The number of thiazole rings is 1. The second-order valence-electron chi connectivity index (χ2n) is 7.54.